The fourth-order valence-corrected chi connectivity index (χ4v) is 2.14. The highest BCUT2D eigenvalue weighted by Crippen LogP contribution is 2.11. The maximum absolute atomic E-state index is 11.9. The van der Waals surface area contributed by atoms with Crippen LogP contribution in [-0.4, -0.2) is 23.0 Å². The van der Waals surface area contributed by atoms with Crippen molar-refractivity contribution in [3.05, 3.63) is 46.4 Å². The van der Waals surface area contributed by atoms with E-state index in [0.717, 1.165) is 16.4 Å². The summed E-state index contributed by atoms with van der Waals surface area (Å²) in [6, 6.07) is 9.28. The average molecular weight is 261 g/mol. The van der Waals surface area contributed by atoms with Crippen LogP contribution in [0.2, 0.25) is 0 Å². The molecule has 0 spiro atoms. The Morgan fingerprint density at radius 1 is 1.39 bits per heavy atom. The number of aromatic nitrogens is 1. The molecular formula is C13H15N3OS. The number of anilines is 1. The normalized spacial score (nSPS) is 10.1. The zero-order chi connectivity index (χ0) is 13.0. The molecule has 0 fully saturated rings. The van der Waals surface area contributed by atoms with Gasteiger partial charge in [-0.15, -0.1) is 11.3 Å². The number of carbonyl (C=O) groups is 1. The molecule has 0 aliphatic carbocycles. The van der Waals surface area contributed by atoms with Crippen molar-refractivity contribution in [3.63, 3.8) is 0 Å². The molecule has 1 aromatic carbocycles. The first-order valence-electron chi connectivity index (χ1n) is 5.63. The molecule has 2 rings (SSSR count). The van der Waals surface area contributed by atoms with Crippen molar-refractivity contribution >= 4 is 23.1 Å². The van der Waals surface area contributed by atoms with Gasteiger partial charge in [0.05, 0.1) is 17.2 Å². The molecule has 0 radical (unpaired) electrons. The van der Waals surface area contributed by atoms with E-state index in [4.69, 9.17) is 0 Å². The highest BCUT2D eigenvalue weighted by molar-refractivity contribution is 7.09. The lowest BCUT2D eigenvalue weighted by molar-refractivity contribution is 0.220. The number of hydrogen-bond acceptors (Lipinski definition) is 3. The standard InChI is InChI=1S/C13H15N3OS/c1-10-14-12(9-18-10)8-16(2)13(17)15-11-6-4-3-5-7-11/h3-7,9H,8H2,1-2H3,(H,15,17). The summed E-state index contributed by atoms with van der Waals surface area (Å²) in [5.41, 5.74) is 1.71. The van der Waals surface area contributed by atoms with Gasteiger partial charge in [0.15, 0.2) is 0 Å². The van der Waals surface area contributed by atoms with Gasteiger partial charge in [-0.2, -0.15) is 0 Å². The minimum atomic E-state index is -0.133. The minimum absolute atomic E-state index is 0.133. The number of rotatable bonds is 3. The van der Waals surface area contributed by atoms with Gasteiger partial charge in [0.1, 0.15) is 0 Å². The van der Waals surface area contributed by atoms with E-state index in [1.165, 1.54) is 0 Å². The highest BCUT2D eigenvalue weighted by atomic mass is 32.1. The third kappa shape index (κ3) is 3.30. The van der Waals surface area contributed by atoms with Crippen LogP contribution in [0.5, 0.6) is 0 Å². The molecule has 0 bridgehead atoms. The Bertz CT molecular complexity index is 524. The van der Waals surface area contributed by atoms with E-state index in [9.17, 15) is 4.79 Å². The zero-order valence-electron chi connectivity index (χ0n) is 10.4. The van der Waals surface area contributed by atoms with Gasteiger partial charge >= 0.3 is 6.03 Å². The number of amides is 2. The van der Waals surface area contributed by atoms with Crippen molar-refractivity contribution in [3.8, 4) is 0 Å². The van der Waals surface area contributed by atoms with Crippen LogP contribution in [0.25, 0.3) is 0 Å². The third-order valence-corrected chi connectivity index (χ3v) is 3.26. The van der Waals surface area contributed by atoms with Gasteiger partial charge in [-0.05, 0) is 19.1 Å². The van der Waals surface area contributed by atoms with E-state index in [2.05, 4.69) is 10.3 Å². The number of urea groups is 1. The van der Waals surface area contributed by atoms with Gasteiger partial charge in [0, 0.05) is 18.1 Å². The maximum atomic E-state index is 11.9. The molecule has 4 nitrogen and oxygen atoms in total. The molecule has 1 heterocycles. The Morgan fingerprint density at radius 2 is 2.11 bits per heavy atom. The number of nitrogens with one attached hydrogen (secondary N) is 1. The third-order valence-electron chi connectivity index (χ3n) is 2.44. The second-order valence-electron chi connectivity index (χ2n) is 4.01. The Balaban J connectivity index is 1.93. The van der Waals surface area contributed by atoms with Gasteiger partial charge in [-0.1, -0.05) is 18.2 Å². The predicted octanol–water partition coefficient (Wildman–Crippen LogP) is 3.12. The molecule has 2 amide bonds. The van der Waals surface area contributed by atoms with E-state index in [-0.39, 0.29) is 6.03 Å². The number of carbonyl (C=O) groups excluding carboxylic acids is 1. The number of para-hydroxylation sites is 1. The summed E-state index contributed by atoms with van der Waals surface area (Å²) in [6.45, 7) is 2.47. The molecular weight excluding hydrogens is 246 g/mol. The van der Waals surface area contributed by atoms with Gasteiger partial charge in [0.25, 0.3) is 0 Å². The molecule has 0 aliphatic rings. The Morgan fingerprint density at radius 3 is 2.72 bits per heavy atom. The summed E-state index contributed by atoms with van der Waals surface area (Å²) in [6.07, 6.45) is 0. The fraction of sp³-hybridized carbons (Fsp3) is 0.231. The van der Waals surface area contributed by atoms with Gasteiger partial charge in [-0.3, -0.25) is 0 Å². The van der Waals surface area contributed by atoms with Crippen LogP contribution < -0.4 is 5.32 Å². The summed E-state index contributed by atoms with van der Waals surface area (Å²) in [4.78, 5) is 17.9. The summed E-state index contributed by atoms with van der Waals surface area (Å²) in [5.74, 6) is 0. The summed E-state index contributed by atoms with van der Waals surface area (Å²) < 4.78 is 0. The van der Waals surface area contributed by atoms with Crippen LogP contribution in [0.1, 0.15) is 10.7 Å². The molecule has 1 N–H and O–H groups in total. The molecule has 18 heavy (non-hydrogen) atoms. The first kappa shape index (κ1) is 12.6. The SMILES string of the molecule is Cc1nc(CN(C)C(=O)Nc2ccccc2)cs1. The van der Waals surface area contributed by atoms with E-state index < -0.39 is 0 Å². The van der Waals surface area contributed by atoms with Crippen molar-refractivity contribution in [1.82, 2.24) is 9.88 Å². The van der Waals surface area contributed by atoms with E-state index in [1.54, 1.807) is 23.3 Å². The smallest absolute Gasteiger partial charge is 0.321 e. The molecule has 0 saturated carbocycles. The number of hydrogen-bond donors (Lipinski definition) is 1. The molecule has 0 aliphatic heterocycles. The van der Waals surface area contributed by atoms with Gasteiger partial charge in [-0.25, -0.2) is 9.78 Å². The molecule has 0 unspecified atom stereocenters. The fourth-order valence-electron chi connectivity index (χ4n) is 1.54. The largest absolute Gasteiger partial charge is 0.322 e. The quantitative estimate of drug-likeness (QED) is 0.922. The highest BCUT2D eigenvalue weighted by Gasteiger charge is 2.10. The van der Waals surface area contributed by atoms with Crippen molar-refractivity contribution in [2.24, 2.45) is 0 Å². The summed E-state index contributed by atoms with van der Waals surface area (Å²) in [7, 11) is 1.76. The van der Waals surface area contributed by atoms with E-state index in [0.29, 0.717) is 6.54 Å². The predicted molar refractivity (Wildman–Crippen MR) is 73.8 cm³/mol. The average Bonchev–Trinajstić information content (AvgIpc) is 2.76. The van der Waals surface area contributed by atoms with Crippen LogP contribution in [0.3, 0.4) is 0 Å². The maximum Gasteiger partial charge on any atom is 0.321 e. The number of nitrogens with zero attached hydrogens (tertiary/aromatic N) is 2. The Kier molecular flexibility index (Phi) is 3.94. The summed E-state index contributed by atoms with van der Waals surface area (Å²) >= 11 is 1.59. The molecule has 0 atom stereocenters. The summed E-state index contributed by atoms with van der Waals surface area (Å²) in [5, 5.41) is 5.82. The molecule has 1 aromatic heterocycles. The first-order valence-corrected chi connectivity index (χ1v) is 6.51. The molecule has 2 aromatic rings. The van der Waals surface area contributed by atoms with Crippen molar-refractivity contribution in [2.75, 3.05) is 12.4 Å². The van der Waals surface area contributed by atoms with Crippen LogP contribution in [0, 0.1) is 6.92 Å². The van der Waals surface area contributed by atoms with Crippen LogP contribution in [0.15, 0.2) is 35.7 Å². The number of thiazole rings is 1. The Hall–Kier alpha value is -1.88. The topological polar surface area (TPSA) is 45.2 Å². The van der Waals surface area contributed by atoms with E-state index >= 15 is 0 Å². The number of benzene rings is 1. The van der Waals surface area contributed by atoms with Crippen molar-refractivity contribution in [2.45, 2.75) is 13.5 Å². The molecule has 94 valence electrons. The van der Waals surface area contributed by atoms with Crippen molar-refractivity contribution in [1.29, 1.82) is 0 Å². The zero-order valence-corrected chi connectivity index (χ0v) is 11.2. The van der Waals surface area contributed by atoms with Crippen LogP contribution in [-0.2, 0) is 6.54 Å². The van der Waals surface area contributed by atoms with Crippen molar-refractivity contribution < 1.29 is 4.79 Å². The minimum Gasteiger partial charge on any atom is -0.322 e. The number of aryl methyl sites for hydroxylation is 1. The van der Waals surface area contributed by atoms with E-state index in [1.807, 2.05) is 42.6 Å². The lowest BCUT2D eigenvalue weighted by Gasteiger charge is -2.16. The Labute approximate surface area is 110 Å². The second kappa shape index (κ2) is 5.64. The van der Waals surface area contributed by atoms with Gasteiger partial charge < -0.3 is 10.2 Å². The van der Waals surface area contributed by atoms with Crippen LogP contribution >= 0.6 is 11.3 Å². The van der Waals surface area contributed by atoms with Gasteiger partial charge in [0.2, 0.25) is 0 Å². The monoisotopic (exact) mass is 261 g/mol. The van der Waals surface area contributed by atoms with Crippen LogP contribution in [0.4, 0.5) is 10.5 Å². The second-order valence-corrected chi connectivity index (χ2v) is 5.07. The lowest BCUT2D eigenvalue weighted by atomic mass is 10.3. The lowest BCUT2D eigenvalue weighted by Crippen LogP contribution is -2.30. The molecule has 5 heteroatoms. The molecule has 0 saturated heterocycles. The first-order chi connectivity index (χ1) is 8.65.